The van der Waals surface area contributed by atoms with E-state index in [4.69, 9.17) is 39.5 Å². The highest BCUT2D eigenvalue weighted by atomic mass is 35.5. The molecule has 0 radical (unpaired) electrons. The summed E-state index contributed by atoms with van der Waals surface area (Å²) in [6.07, 6.45) is 1.28. The molecule has 0 fully saturated rings. The Hall–Kier alpha value is -2.42. The van der Waals surface area contributed by atoms with Crippen LogP contribution >= 0.6 is 34.8 Å². The van der Waals surface area contributed by atoms with Crippen LogP contribution in [0.3, 0.4) is 0 Å². The quantitative estimate of drug-likeness (QED) is 0.461. The molecule has 1 aromatic heterocycles. The predicted molar refractivity (Wildman–Crippen MR) is 91.3 cm³/mol. The summed E-state index contributed by atoms with van der Waals surface area (Å²) < 4.78 is 4.80. The van der Waals surface area contributed by atoms with Gasteiger partial charge in [-0.2, -0.15) is 0 Å². The van der Waals surface area contributed by atoms with Gasteiger partial charge in [0.25, 0.3) is 11.6 Å². The number of carbonyl (C=O) groups excluding carboxylic acids is 2. The number of aromatic nitrogens is 1. The summed E-state index contributed by atoms with van der Waals surface area (Å²) in [7, 11) is 0. The van der Waals surface area contributed by atoms with Crippen LogP contribution in [0, 0.1) is 10.1 Å². The van der Waals surface area contributed by atoms with Crippen molar-refractivity contribution >= 4 is 58.2 Å². The molecule has 0 aliphatic carbocycles. The number of hydrogen-bond donors (Lipinski definition) is 1. The molecule has 25 heavy (non-hydrogen) atoms. The van der Waals surface area contributed by atoms with E-state index in [1.807, 2.05) is 0 Å². The number of nitrogens with one attached hydrogen (secondary N) is 1. The van der Waals surface area contributed by atoms with Crippen LogP contribution in [0.25, 0.3) is 0 Å². The van der Waals surface area contributed by atoms with Crippen molar-refractivity contribution in [2.75, 3.05) is 11.9 Å². The van der Waals surface area contributed by atoms with Crippen molar-refractivity contribution in [2.45, 2.75) is 0 Å². The Bertz CT molecular complexity index is 860. The van der Waals surface area contributed by atoms with E-state index in [0.717, 1.165) is 18.2 Å². The number of amides is 1. The van der Waals surface area contributed by atoms with E-state index in [0.29, 0.717) is 5.02 Å². The highest BCUT2D eigenvalue weighted by Gasteiger charge is 2.17. The van der Waals surface area contributed by atoms with Gasteiger partial charge >= 0.3 is 5.97 Å². The Morgan fingerprint density at radius 2 is 1.92 bits per heavy atom. The van der Waals surface area contributed by atoms with Crippen molar-refractivity contribution in [1.82, 2.24) is 4.98 Å². The number of carbonyl (C=O) groups is 2. The summed E-state index contributed by atoms with van der Waals surface area (Å²) in [6, 6.07) is 4.63. The third-order valence-electron chi connectivity index (χ3n) is 2.78. The zero-order valence-corrected chi connectivity index (χ0v) is 14.4. The van der Waals surface area contributed by atoms with Gasteiger partial charge in [0, 0.05) is 18.3 Å². The Balaban J connectivity index is 1.97. The van der Waals surface area contributed by atoms with Gasteiger partial charge in [0.05, 0.1) is 25.6 Å². The predicted octanol–water partition coefficient (Wildman–Crippen LogP) is 3.75. The minimum absolute atomic E-state index is 0.0560. The van der Waals surface area contributed by atoms with Gasteiger partial charge in [-0.3, -0.25) is 14.9 Å². The number of nitro groups is 1. The van der Waals surface area contributed by atoms with E-state index in [2.05, 4.69) is 10.3 Å². The Labute approximate surface area is 155 Å². The molecular formula is C14H8Cl3N3O5. The molecule has 0 saturated heterocycles. The third kappa shape index (κ3) is 5.02. The fourth-order valence-corrected chi connectivity index (χ4v) is 2.35. The number of benzene rings is 1. The second kappa shape index (κ2) is 8.11. The van der Waals surface area contributed by atoms with E-state index in [9.17, 15) is 19.7 Å². The number of nitro benzene ring substituents is 1. The van der Waals surface area contributed by atoms with Crippen LogP contribution in [0.1, 0.15) is 10.4 Å². The highest BCUT2D eigenvalue weighted by molar-refractivity contribution is 6.36. The zero-order chi connectivity index (χ0) is 18.6. The minimum atomic E-state index is -0.912. The molecule has 0 aliphatic rings. The SMILES string of the molecule is O=C(COC(=O)c1ccc([N+](=O)[O-])cc1Cl)Nc1ncc(Cl)cc1Cl. The number of rotatable bonds is 5. The van der Waals surface area contributed by atoms with Crippen LogP contribution in [0.15, 0.2) is 30.5 Å². The molecule has 8 nitrogen and oxygen atoms in total. The van der Waals surface area contributed by atoms with Gasteiger partial charge in [-0.05, 0) is 12.1 Å². The van der Waals surface area contributed by atoms with Gasteiger partial charge in [-0.25, -0.2) is 9.78 Å². The molecule has 0 unspecified atom stereocenters. The average molecular weight is 405 g/mol. The van der Waals surface area contributed by atoms with Gasteiger partial charge < -0.3 is 10.1 Å². The number of hydrogen-bond acceptors (Lipinski definition) is 6. The maximum Gasteiger partial charge on any atom is 0.340 e. The molecule has 2 aromatic rings. The summed E-state index contributed by atoms with van der Waals surface area (Å²) in [5.74, 6) is -1.55. The number of non-ortho nitro benzene ring substituents is 1. The molecule has 130 valence electrons. The summed E-state index contributed by atoms with van der Waals surface area (Å²) >= 11 is 17.3. The number of anilines is 1. The number of ether oxygens (including phenoxy) is 1. The lowest BCUT2D eigenvalue weighted by Crippen LogP contribution is -2.21. The number of esters is 1. The lowest BCUT2D eigenvalue weighted by Gasteiger charge is -2.08. The summed E-state index contributed by atoms with van der Waals surface area (Å²) in [5.41, 5.74) is -0.384. The van der Waals surface area contributed by atoms with E-state index in [1.165, 1.54) is 12.3 Å². The Kier molecular flexibility index (Phi) is 6.13. The minimum Gasteiger partial charge on any atom is -0.452 e. The molecule has 0 spiro atoms. The molecule has 0 aliphatic heterocycles. The average Bonchev–Trinajstić information content (AvgIpc) is 2.55. The smallest absolute Gasteiger partial charge is 0.340 e. The van der Waals surface area contributed by atoms with Crippen molar-refractivity contribution in [2.24, 2.45) is 0 Å². The highest BCUT2D eigenvalue weighted by Crippen LogP contribution is 2.24. The van der Waals surface area contributed by atoms with Crippen LogP contribution in [0.5, 0.6) is 0 Å². The first kappa shape index (κ1) is 18.9. The number of nitrogens with zero attached hydrogens (tertiary/aromatic N) is 2. The summed E-state index contributed by atoms with van der Waals surface area (Å²) in [4.78, 5) is 37.5. The van der Waals surface area contributed by atoms with Gasteiger partial charge in [0.1, 0.15) is 0 Å². The van der Waals surface area contributed by atoms with Crippen LogP contribution in [0.4, 0.5) is 11.5 Å². The zero-order valence-electron chi connectivity index (χ0n) is 12.2. The third-order valence-corrected chi connectivity index (χ3v) is 3.59. The van der Waals surface area contributed by atoms with Crippen LogP contribution in [-0.4, -0.2) is 28.4 Å². The molecule has 0 atom stereocenters. The number of pyridine rings is 1. The van der Waals surface area contributed by atoms with Crippen molar-refractivity contribution in [3.8, 4) is 0 Å². The van der Waals surface area contributed by atoms with Gasteiger partial charge in [0.15, 0.2) is 12.4 Å². The van der Waals surface area contributed by atoms with Crippen LogP contribution < -0.4 is 5.32 Å². The fraction of sp³-hybridized carbons (Fsp3) is 0.0714. The van der Waals surface area contributed by atoms with Gasteiger partial charge in [-0.15, -0.1) is 0 Å². The Morgan fingerprint density at radius 3 is 2.52 bits per heavy atom. The van der Waals surface area contributed by atoms with Crippen molar-refractivity contribution in [1.29, 1.82) is 0 Å². The van der Waals surface area contributed by atoms with Crippen molar-refractivity contribution in [3.63, 3.8) is 0 Å². The lowest BCUT2D eigenvalue weighted by molar-refractivity contribution is -0.384. The van der Waals surface area contributed by atoms with Gasteiger partial charge in [-0.1, -0.05) is 34.8 Å². The summed E-state index contributed by atoms with van der Waals surface area (Å²) in [6.45, 7) is -0.632. The summed E-state index contributed by atoms with van der Waals surface area (Å²) in [5, 5.41) is 13.2. The Morgan fingerprint density at radius 1 is 1.20 bits per heavy atom. The number of halogens is 3. The molecule has 0 bridgehead atoms. The standard InChI is InChI=1S/C14H8Cl3N3O5/c15-7-3-11(17)13(18-5-7)19-12(21)6-25-14(22)9-2-1-8(20(23)24)4-10(9)16/h1-5H,6H2,(H,18,19,21). The molecule has 0 saturated carbocycles. The first-order valence-electron chi connectivity index (χ1n) is 6.50. The lowest BCUT2D eigenvalue weighted by atomic mass is 10.2. The largest absolute Gasteiger partial charge is 0.452 e. The molecule has 1 heterocycles. The molecule has 11 heteroatoms. The molecule has 1 aromatic carbocycles. The normalized spacial score (nSPS) is 10.2. The topological polar surface area (TPSA) is 111 Å². The molecule has 1 amide bonds. The fourth-order valence-electron chi connectivity index (χ4n) is 1.67. The van der Waals surface area contributed by atoms with E-state index in [1.54, 1.807) is 0 Å². The molecular weight excluding hydrogens is 397 g/mol. The first-order valence-corrected chi connectivity index (χ1v) is 7.63. The van der Waals surface area contributed by atoms with Crippen LogP contribution in [-0.2, 0) is 9.53 Å². The van der Waals surface area contributed by atoms with Gasteiger partial charge in [0.2, 0.25) is 0 Å². The first-order chi connectivity index (χ1) is 11.8. The maximum atomic E-state index is 11.9. The molecule has 1 N–H and O–H groups in total. The van der Waals surface area contributed by atoms with Crippen molar-refractivity contribution in [3.05, 3.63) is 61.2 Å². The van der Waals surface area contributed by atoms with E-state index in [-0.39, 0.29) is 27.1 Å². The second-order valence-corrected chi connectivity index (χ2v) is 5.78. The van der Waals surface area contributed by atoms with Crippen LogP contribution in [0.2, 0.25) is 15.1 Å². The second-order valence-electron chi connectivity index (χ2n) is 4.53. The monoisotopic (exact) mass is 403 g/mol. The van der Waals surface area contributed by atoms with E-state index >= 15 is 0 Å². The molecule has 2 rings (SSSR count). The maximum absolute atomic E-state index is 11.9. The van der Waals surface area contributed by atoms with Crippen molar-refractivity contribution < 1.29 is 19.2 Å². The van der Waals surface area contributed by atoms with E-state index < -0.39 is 23.4 Å².